The zero-order chi connectivity index (χ0) is 13.2. The first kappa shape index (κ1) is 13.5. The van der Waals surface area contributed by atoms with Gasteiger partial charge in [-0.05, 0) is 37.0 Å². The van der Waals surface area contributed by atoms with Gasteiger partial charge in [-0.2, -0.15) is 4.31 Å². The first-order chi connectivity index (χ1) is 8.59. The molecule has 1 N–H and O–H groups in total. The molecular formula is C13H19NO3S. The Balaban J connectivity index is 2.27. The predicted octanol–water partition coefficient (Wildman–Crippen LogP) is 1.74. The minimum atomic E-state index is -3.37. The van der Waals surface area contributed by atoms with Gasteiger partial charge < -0.3 is 5.11 Å². The Labute approximate surface area is 108 Å². The van der Waals surface area contributed by atoms with Crippen LogP contribution in [0.3, 0.4) is 0 Å². The summed E-state index contributed by atoms with van der Waals surface area (Å²) in [7, 11) is -3.37. The van der Waals surface area contributed by atoms with Crippen LogP contribution in [0.4, 0.5) is 0 Å². The monoisotopic (exact) mass is 269 g/mol. The van der Waals surface area contributed by atoms with Crippen LogP contribution < -0.4 is 0 Å². The zero-order valence-electron chi connectivity index (χ0n) is 10.5. The molecule has 0 aliphatic heterocycles. The van der Waals surface area contributed by atoms with Crippen LogP contribution in [0.1, 0.15) is 31.7 Å². The van der Waals surface area contributed by atoms with E-state index in [1.807, 2.05) is 6.92 Å². The maximum absolute atomic E-state index is 12.5. The first-order valence-electron chi connectivity index (χ1n) is 6.31. The highest BCUT2D eigenvalue weighted by Crippen LogP contribution is 2.32. The lowest BCUT2D eigenvalue weighted by Gasteiger charge is -2.21. The summed E-state index contributed by atoms with van der Waals surface area (Å²) in [6.45, 7) is 2.50. The van der Waals surface area contributed by atoms with Crippen LogP contribution in [0.5, 0.6) is 0 Å². The van der Waals surface area contributed by atoms with E-state index in [0.29, 0.717) is 11.4 Å². The summed E-state index contributed by atoms with van der Waals surface area (Å²) in [6.07, 6.45) is 2.76. The minimum Gasteiger partial charge on any atom is -0.392 e. The van der Waals surface area contributed by atoms with Crippen LogP contribution in [-0.4, -0.2) is 30.4 Å². The van der Waals surface area contributed by atoms with Gasteiger partial charge in [-0.3, -0.25) is 0 Å². The quantitative estimate of drug-likeness (QED) is 0.856. The van der Waals surface area contributed by atoms with Gasteiger partial charge in [0.1, 0.15) is 0 Å². The van der Waals surface area contributed by atoms with Gasteiger partial charge in [0.2, 0.25) is 10.0 Å². The molecular weight excluding hydrogens is 250 g/mol. The molecule has 5 heteroatoms. The molecule has 1 aliphatic rings. The van der Waals surface area contributed by atoms with Crippen molar-refractivity contribution in [2.24, 2.45) is 0 Å². The highest BCUT2D eigenvalue weighted by Gasteiger charge is 2.37. The third kappa shape index (κ3) is 2.74. The van der Waals surface area contributed by atoms with Crippen LogP contribution in [-0.2, 0) is 16.6 Å². The molecule has 0 saturated heterocycles. The first-order valence-corrected chi connectivity index (χ1v) is 7.75. The van der Waals surface area contributed by atoms with Crippen molar-refractivity contribution in [3.63, 3.8) is 0 Å². The molecule has 18 heavy (non-hydrogen) atoms. The molecule has 0 radical (unpaired) electrons. The molecule has 1 aliphatic carbocycles. The van der Waals surface area contributed by atoms with Crippen molar-refractivity contribution in [3.8, 4) is 0 Å². The van der Waals surface area contributed by atoms with E-state index < -0.39 is 10.0 Å². The van der Waals surface area contributed by atoms with Gasteiger partial charge in [-0.25, -0.2) is 8.42 Å². The van der Waals surface area contributed by atoms with Crippen molar-refractivity contribution in [2.45, 2.75) is 43.7 Å². The van der Waals surface area contributed by atoms with E-state index in [2.05, 4.69) is 0 Å². The molecule has 0 atom stereocenters. The van der Waals surface area contributed by atoms with Gasteiger partial charge >= 0.3 is 0 Å². The van der Waals surface area contributed by atoms with E-state index in [1.54, 1.807) is 28.6 Å². The van der Waals surface area contributed by atoms with Crippen LogP contribution in [0, 0.1) is 0 Å². The maximum atomic E-state index is 12.5. The lowest BCUT2D eigenvalue weighted by Crippen LogP contribution is -2.33. The van der Waals surface area contributed by atoms with Crippen LogP contribution in [0.25, 0.3) is 0 Å². The molecule has 2 rings (SSSR count). The van der Waals surface area contributed by atoms with Crippen molar-refractivity contribution in [3.05, 3.63) is 29.8 Å². The van der Waals surface area contributed by atoms with Gasteiger partial charge in [0, 0.05) is 12.6 Å². The Morgan fingerprint density at radius 1 is 1.28 bits per heavy atom. The molecule has 0 aromatic heterocycles. The summed E-state index contributed by atoms with van der Waals surface area (Å²) in [5.74, 6) is 0. The van der Waals surface area contributed by atoms with E-state index in [-0.39, 0.29) is 12.6 Å². The fourth-order valence-electron chi connectivity index (χ4n) is 1.98. The van der Waals surface area contributed by atoms with Gasteiger partial charge in [-0.1, -0.05) is 19.1 Å². The molecule has 0 unspecified atom stereocenters. The second kappa shape index (κ2) is 5.38. The van der Waals surface area contributed by atoms with Gasteiger partial charge in [0.15, 0.2) is 0 Å². The largest absolute Gasteiger partial charge is 0.392 e. The predicted molar refractivity (Wildman–Crippen MR) is 69.6 cm³/mol. The average molecular weight is 269 g/mol. The van der Waals surface area contributed by atoms with Gasteiger partial charge in [0.05, 0.1) is 11.5 Å². The van der Waals surface area contributed by atoms with E-state index >= 15 is 0 Å². The van der Waals surface area contributed by atoms with Crippen LogP contribution in [0.15, 0.2) is 29.2 Å². The van der Waals surface area contributed by atoms with Gasteiger partial charge in [-0.15, -0.1) is 0 Å². The Kier molecular flexibility index (Phi) is 4.04. The Morgan fingerprint density at radius 3 is 2.33 bits per heavy atom. The molecule has 0 heterocycles. The zero-order valence-corrected chi connectivity index (χ0v) is 11.4. The molecule has 1 aromatic carbocycles. The summed E-state index contributed by atoms with van der Waals surface area (Å²) in [6, 6.07) is 6.65. The summed E-state index contributed by atoms with van der Waals surface area (Å²) in [5, 5.41) is 8.96. The fraction of sp³-hybridized carbons (Fsp3) is 0.538. The fourth-order valence-corrected chi connectivity index (χ4v) is 3.76. The molecule has 100 valence electrons. The lowest BCUT2D eigenvalue weighted by molar-refractivity contribution is 0.281. The maximum Gasteiger partial charge on any atom is 0.243 e. The van der Waals surface area contributed by atoms with Crippen molar-refractivity contribution < 1.29 is 13.5 Å². The average Bonchev–Trinajstić information content (AvgIpc) is 3.20. The summed E-state index contributed by atoms with van der Waals surface area (Å²) in [4.78, 5) is 0.319. The molecule has 4 nitrogen and oxygen atoms in total. The summed E-state index contributed by atoms with van der Waals surface area (Å²) in [5.41, 5.74) is 0.724. The Morgan fingerprint density at radius 2 is 1.89 bits per heavy atom. The van der Waals surface area contributed by atoms with Crippen LogP contribution in [0.2, 0.25) is 0 Å². The van der Waals surface area contributed by atoms with Crippen molar-refractivity contribution in [1.29, 1.82) is 0 Å². The van der Waals surface area contributed by atoms with Crippen molar-refractivity contribution in [1.82, 2.24) is 4.31 Å². The third-order valence-electron chi connectivity index (χ3n) is 3.11. The second-order valence-corrected chi connectivity index (χ2v) is 6.54. The normalized spacial score (nSPS) is 16.2. The number of hydrogen-bond acceptors (Lipinski definition) is 3. The number of benzene rings is 1. The Hall–Kier alpha value is -0.910. The number of sulfonamides is 1. The smallest absolute Gasteiger partial charge is 0.243 e. The number of aliphatic hydroxyl groups is 1. The van der Waals surface area contributed by atoms with E-state index in [0.717, 1.165) is 24.8 Å². The topological polar surface area (TPSA) is 57.6 Å². The van der Waals surface area contributed by atoms with Crippen molar-refractivity contribution >= 4 is 10.0 Å². The summed E-state index contributed by atoms with van der Waals surface area (Å²) < 4.78 is 26.5. The molecule has 0 spiro atoms. The molecule has 1 saturated carbocycles. The summed E-state index contributed by atoms with van der Waals surface area (Å²) >= 11 is 0. The lowest BCUT2D eigenvalue weighted by atomic mass is 10.2. The highest BCUT2D eigenvalue weighted by molar-refractivity contribution is 7.89. The Bertz CT molecular complexity index is 491. The highest BCUT2D eigenvalue weighted by atomic mass is 32.2. The molecule has 1 aromatic rings. The molecule has 1 fully saturated rings. The van der Waals surface area contributed by atoms with E-state index in [1.165, 1.54) is 0 Å². The third-order valence-corrected chi connectivity index (χ3v) is 5.08. The second-order valence-electron chi connectivity index (χ2n) is 4.65. The minimum absolute atomic E-state index is 0.0678. The van der Waals surface area contributed by atoms with Crippen molar-refractivity contribution in [2.75, 3.05) is 6.54 Å². The number of nitrogens with zero attached hydrogens (tertiary/aromatic N) is 1. The van der Waals surface area contributed by atoms with E-state index in [4.69, 9.17) is 5.11 Å². The van der Waals surface area contributed by atoms with Gasteiger partial charge in [0.25, 0.3) is 0 Å². The standard InChI is InChI=1S/C13H19NO3S/c1-2-9-14(12-5-6-12)18(16,17)13-7-3-11(10-15)4-8-13/h3-4,7-8,12,15H,2,5-6,9-10H2,1H3. The molecule has 0 amide bonds. The van der Waals surface area contributed by atoms with Crippen LogP contribution >= 0.6 is 0 Å². The number of hydrogen-bond donors (Lipinski definition) is 1. The SMILES string of the molecule is CCCN(C1CC1)S(=O)(=O)c1ccc(CO)cc1. The number of rotatable bonds is 6. The molecule has 0 bridgehead atoms. The van der Waals surface area contributed by atoms with E-state index in [9.17, 15) is 8.42 Å². The number of aliphatic hydroxyl groups excluding tert-OH is 1.